The maximum Gasteiger partial charge on any atom is 0.309 e. The van der Waals surface area contributed by atoms with Crippen molar-refractivity contribution in [3.05, 3.63) is 23.8 Å². The van der Waals surface area contributed by atoms with E-state index in [1.807, 2.05) is 0 Å². The minimum Gasteiger partial charge on any atom is -0.504 e. The van der Waals surface area contributed by atoms with Crippen LogP contribution in [0.2, 0.25) is 0 Å². The summed E-state index contributed by atoms with van der Waals surface area (Å²) < 4.78 is 0. The molecule has 6 heteroatoms. The van der Waals surface area contributed by atoms with E-state index >= 15 is 0 Å². The number of nitrogens with one attached hydrogen (secondary N) is 1. The van der Waals surface area contributed by atoms with Crippen LogP contribution in [-0.4, -0.2) is 22.0 Å². The Morgan fingerprint density at radius 2 is 1.94 bits per heavy atom. The summed E-state index contributed by atoms with van der Waals surface area (Å²) >= 11 is 0. The van der Waals surface area contributed by atoms with Gasteiger partial charge in [0.2, 0.25) is 0 Å². The number of nitrogens with two attached hydrogens (primary N) is 1. The van der Waals surface area contributed by atoms with Crippen LogP contribution < -0.4 is 11.1 Å². The minimum atomic E-state index is -1.07. The lowest BCUT2D eigenvalue weighted by Gasteiger charge is -2.13. The molecular formula is C10H12N2O4. The zero-order chi connectivity index (χ0) is 12.3. The lowest BCUT2D eigenvalue weighted by Crippen LogP contribution is -2.37. The molecule has 0 aliphatic rings. The quantitative estimate of drug-likeness (QED) is 0.410. The highest BCUT2D eigenvalue weighted by Gasteiger charge is 2.14. The van der Waals surface area contributed by atoms with Gasteiger partial charge in [-0.2, -0.15) is 0 Å². The van der Waals surface area contributed by atoms with Crippen LogP contribution in [0.4, 0.5) is 0 Å². The van der Waals surface area contributed by atoms with Crippen LogP contribution >= 0.6 is 0 Å². The van der Waals surface area contributed by atoms with Gasteiger partial charge in [-0.25, -0.2) is 0 Å². The molecule has 5 N–H and O–H groups in total. The zero-order valence-corrected chi connectivity index (χ0v) is 8.60. The van der Waals surface area contributed by atoms with E-state index in [-0.39, 0.29) is 11.5 Å². The smallest absolute Gasteiger partial charge is 0.309 e. The minimum absolute atomic E-state index is 0.253. The summed E-state index contributed by atoms with van der Waals surface area (Å²) in [6.07, 6.45) is 0. The summed E-state index contributed by atoms with van der Waals surface area (Å²) in [5, 5.41) is 20.7. The number of amides is 2. The predicted octanol–water partition coefficient (Wildman–Crippen LogP) is -0.240. The molecule has 86 valence electrons. The Balaban J connectivity index is 2.81. The number of carbonyl (C=O) groups is 2. The first kappa shape index (κ1) is 11.8. The molecule has 0 radical (unpaired) electrons. The Bertz CT molecular complexity index is 431. The van der Waals surface area contributed by atoms with E-state index in [2.05, 4.69) is 5.32 Å². The van der Waals surface area contributed by atoms with E-state index in [4.69, 9.17) is 10.8 Å². The normalized spacial score (nSPS) is 11.8. The van der Waals surface area contributed by atoms with Gasteiger partial charge in [-0.15, -0.1) is 0 Å². The highest BCUT2D eigenvalue weighted by molar-refractivity contribution is 6.34. The summed E-state index contributed by atoms with van der Waals surface area (Å²) in [5.74, 6) is -2.52. The van der Waals surface area contributed by atoms with Crippen molar-refractivity contribution in [2.24, 2.45) is 5.73 Å². The maximum atomic E-state index is 11.0. The molecule has 0 fully saturated rings. The molecule has 0 spiro atoms. The molecule has 0 aliphatic carbocycles. The average molecular weight is 224 g/mol. The number of primary amides is 1. The van der Waals surface area contributed by atoms with Gasteiger partial charge in [0.25, 0.3) is 0 Å². The predicted molar refractivity (Wildman–Crippen MR) is 55.5 cm³/mol. The number of benzene rings is 1. The maximum absolute atomic E-state index is 11.0. The number of phenols is 2. The summed E-state index contributed by atoms with van der Waals surface area (Å²) in [6, 6.07) is 3.60. The molecule has 0 bridgehead atoms. The Labute approximate surface area is 91.7 Å². The SMILES string of the molecule is CC(NC(=O)C(N)=O)c1ccc(O)c(O)c1. The highest BCUT2D eigenvalue weighted by atomic mass is 16.3. The van der Waals surface area contributed by atoms with E-state index in [0.717, 1.165) is 0 Å². The van der Waals surface area contributed by atoms with Crippen molar-refractivity contribution < 1.29 is 19.8 Å². The van der Waals surface area contributed by atoms with Crippen LogP contribution in [0.1, 0.15) is 18.5 Å². The monoisotopic (exact) mass is 224 g/mol. The molecule has 0 aromatic heterocycles. The van der Waals surface area contributed by atoms with Gasteiger partial charge in [0.05, 0.1) is 6.04 Å². The number of carbonyl (C=O) groups excluding carboxylic acids is 2. The molecule has 2 amide bonds. The molecule has 6 nitrogen and oxygen atoms in total. The fourth-order valence-corrected chi connectivity index (χ4v) is 1.16. The first-order valence-corrected chi connectivity index (χ1v) is 4.54. The molecule has 1 unspecified atom stereocenters. The second kappa shape index (κ2) is 4.52. The third kappa shape index (κ3) is 2.63. The van der Waals surface area contributed by atoms with Gasteiger partial charge in [0, 0.05) is 0 Å². The van der Waals surface area contributed by atoms with Crippen LogP contribution in [0.25, 0.3) is 0 Å². The van der Waals surface area contributed by atoms with Crippen LogP contribution in [0.15, 0.2) is 18.2 Å². The molecule has 0 saturated heterocycles. The average Bonchev–Trinajstić information content (AvgIpc) is 2.21. The van der Waals surface area contributed by atoms with Crippen molar-refractivity contribution in [3.63, 3.8) is 0 Å². The Morgan fingerprint density at radius 1 is 1.31 bits per heavy atom. The second-order valence-electron chi connectivity index (χ2n) is 3.31. The summed E-state index contributed by atoms with van der Waals surface area (Å²) in [4.78, 5) is 21.5. The fraction of sp³-hybridized carbons (Fsp3) is 0.200. The van der Waals surface area contributed by atoms with Gasteiger partial charge in [-0.05, 0) is 24.6 Å². The molecule has 0 heterocycles. The van der Waals surface area contributed by atoms with Crippen LogP contribution in [0, 0.1) is 0 Å². The molecule has 1 aromatic carbocycles. The lowest BCUT2D eigenvalue weighted by atomic mass is 10.1. The standard InChI is InChI=1S/C10H12N2O4/c1-5(12-10(16)9(11)15)6-2-3-7(13)8(14)4-6/h2-5,13-14H,1H3,(H2,11,15)(H,12,16). The van der Waals surface area contributed by atoms with Gasteiger partial charge in [0.1, 0.15) is 0 Å². The molecule has 1 aromatic rings. The van der Waals surface area contributed by atoms with Crippen molar-refractivity contribution in [2.45, 2.75) is 13.0 Å². The zero-order valence-electron chi connectivity index (χ0n) is 8.60. The first-order chi connectivity index (χ1) is 7.41. The third-order valence-corrected chi connectivity index (χ3v) is 2.07. The lowest BCUT2D eigenvalue weighted by molar-refractivity contribution is -0.137. The van der Waals surface area contributed by atoms with Gasteiger partial charge >= 0.3 is 11.8 Å². The number of hydrogen-bond acceptors (Lipinski definition) is 4. The molecule has 1 atom stereocenters. The number of hydrogen-bond donors (Lipinski definition) is 4. The van der Waals surface area contributed by atoms with Gasteiger partial charge < -0.3 is 21.3 Å². The van der Waals surface area contributed by atoms with Crippen LogP contribution in [0.3, 0.4) is 0 Å². The first-order valence-electron chi connectivity index (χ1n) is 4.54. The van der Waals surface area contributed by atoms with Gasteiger partial charge in [0.15, 0.2) is 11.5 Å². The van der Waals surface area contributed by atoms with E-state index in [9.17, 15) is 14.7 Å². The third-order valence-electron chi connectivity index (χ3n) is 2.07. The largest absolute Gasteiger partial charge is 0.504 e. The molecule has 1 rings (SSSR count). The van der Waals surface area contributed by atoms with Crippen molar-refractivity contribution in [2.75, 3.05) is 0 Å². The van der Waals surface area contributed by atoms with Crippen molar-refractivity contribution in [1.29, 1.82) is 0 Å². The van der Waals surface area contributed by atoms with E-state index in [1.165, 1.54) is 18.2 Å². The Hall–Kier alpha value is -2.24. The van der Waals surface area contributed by atoms with Crippen LogP contribution in [0.5, 0.6) is 11.5 Å². The van der Waals surface area contributed by atoms with Crippen molar-refractivity contribution >= 4 is 11.8 Å². The number of phenolic OH excluding ortho intramolecular Hbond substituents is 2. The molecule has 0 saturated carbocycles. The Morgan fingerprint density at radius 3 is 2.44 bits per heavy atom. The van der Waals surface area contributed by atoms with Crippen molar-refractivity contribution in [1.82, 2.24) is 5.32 Å². The van der Waals surface area contributed by atoms with E-state index in [1.54, 1.807) is 6.92 Å². The highest BCUT2D eigenvalue weighted by Crippen LogP contribution is 2.27. The van der Waals surface area contributed by atoms with Gasteiger partial charge in [-0.3, -0.25) is 9.59 Å². The van der Waals surface area contributed by atoms with Crippen molar-refractivity contribution in [3.8, 4) is 11.5 Å². The summed E-state index contributed by atoms with van der Waals surface area (Å²) in [5.41, 5.74) is 5.32. The molecule has 0 aliphatic heterocycles. The topological polar surface area (TPSA) is 113 Å². The molecule has 16 heavy (non-hydrogen) atoms. The number of rotatable bonds is 2. The Kier molecular flexibility index (Phi) is 3.34. The van der Waals surface area contributed by atoms with Crippen LogP contribution in [-0.2, 0) is 9.59 Å². The summed E-state index contributed by atoms with van der Waals surface area (Å²) in [7, 11) is 0. The second-order valence-corrected chi connectivity index (χ2v) is 3.31. The van der Waals surface area contributed by atoms with E-state index in [0.29, 0.717) is 5.56 Å². The van der Waals surface area contributed by atoms with E-state index < -0.39 is 17.9 Å². The van der Waals surface area contributed by atoms with Gasteiger partial charge in [-0.1, -0.05) is 6.07 Å². The number of aromatic hydroxyl groups is 2. The molecular weight excluding hydrogens is 212 g/mol. The fourth-order valence-electron chi connectivity index (χ4n) is 1.16. The summed E-state index contributed by atoms with van der Waals surface area (Å²) in [6.45, 7) is 1.62.